The number of phenols is 1. The van der Waals surface area contributed by atoms with Crippen molar-refractivity contribution < 1.29 is 14.7 Å². The minimum absolute atomic E-state index is 0.0584. The molecule has 4 fully saturated rings. The normalized spacial score (nSPS) is 28.5. The quantitative estimate of drug-likeness (QED) is 0.696. The number of pyridine rings is 1. The molecule has 1 amide bonds. The molecule has 0 spiro atoms. The predicted molar refractivity (Wildman–Crippen MR) is 118 cm³/mol. The van der Waals surface area contributed by atoms with Crippen LogP contribution in [0.3, 0.4) is 0 Å². The van der Waals surface area contributed by atoms with Crippen molar-refractivity contribution in [1.29, 1.82) is 0 Å². The number of hydrogen-bond acceptors (Lipinski definition) is 4. The zero-order valence-electron chi connectivity index (χ0n) is 17.4. The van der Waals surface area contributed by atoms with E-state index in [0.29, 0.717) is 16.3 Å². The van der Waals surface area contributed by atoms with Crippen LogP contribution in [0.1, 0.15) is 60.1 Å². The number of aromatic nitrogens is 1. The lowest BCUT2D eigenvalue weighted by molar-refractivity contribution is -0.117. The van der Waals surface area contributed by atoms with E-state index < -0.39 is 0 Å². The van der Waals surface area contributed by atoms with Crippen molar-refractivity contribution in [3.63, 3.8) is 0 Å². The molecule has 4 aliphatic carbocycles. The van der Waals surface area contributed by atoms with Crippen LogP contribution in [0, 0.1) is 17.8 Å². The van der Waals surface area contributed by atoms with Gasteiger partial charge in [0.25, 0.3) is 5.91 Å². The first-order chi connectivity index (χ1) is 14.9. The molecule has 6 rings (SSSR count). The third-order valence-corrected chi connectivity index (χ3v) is 7.54. The van der Waals surface area contributed by atoms with Crippen molar-refractivity contribution in [2.45, 2.75) is 56.9 Å². The molecule has 0 unspecified atom stereocenters. The number of benzene rings is 1. The zero-order chi connectivity index (χ0) is 21.6. The largest absolute Gasteiger partial charge is 0.508 e. The van der Waals surface area contributed by atoms with E-state index in [1.54, 1.807) is 30.5 Å². The van der Waals surface area contributed by atoms with E-state index in [2.05, 4.69) is 10.3 Å². The molecule has 1 aromatic heterocycles. The van der Waals surface area contributed by atoms with E-state index in [-0.39, 0.29) is 35.8 Å². The highest BCUT2D eigenvalue weighted by atomic mass is 35.5. The number of aromatic hydroxyl groups is 1. The highest BCUT2D eigenvalue weighted by Crippen LogP contribution is 2.55. The summed E-state index contributed by atoms with van der Waals surface area (Å²) in [6, 6.07) is 8.15. The third kappa shape index (κ3) is 4.33. The van der Waals surface area contributed by atoms with E-state index >= 15 is 0 Å². The van der Waals surface area contributed by atoms with Crippen LogP contribution in [-0.4, -0.2) is 27.3 Å². The third-order valence-electron chi connectivity index (χ3n) is 7.30. The average Bonchev–Trinajstić information content (AvgIpc) is 2.69. The van der Waals surface area contributed by atoms with E-state index in [0.717, 1.165) is 42.6 Å². The topological polar surface area (TPSA) is 79.3 Å². The number of hydrogen-bond donors (Lipinski definition) is 2. The first-order valence-corrected chi connectivity index (χ1v) is 11.5. The fourth-order valence-corrected chi connectivity index (χ4v) is 6.67. The van der Waals surface area contributed by atoms with Gasteiger partial charge in [-0.1, -0.05) is 11.6 Å². The van der Waals surface area contributed by atoms with Crippen LogP contribution in [0.4, 0.5) is 0 Å². The molecule has 162 valence electrons. The van der Waals surface area contributed by atoms with Gasteiger partial charge in [-0.25, -0.2) is 0 Å². The number of carbonyl (C=O) groups is 2. The molecule has 2 aromatic rings. The SMILES string of the molecule is O=C(Cc1ccnc(C(=O)NC23CC4CC(CC(C4)C2)C3)c1)Cc1cc(Cl)ccc1O. The van der Waals surface area contributed by atoms with Gasteiger partial charge in [-0.05, 0) is 92.2 Å². The Balaban J connectivity index is 1.25. The molecule has 4 aliphatic rings. The van der Waals surface area contributed by atoms with Gasteiger partial charge in [0.15, 0.2) is 0 Å². The maximum absolute atomic E-state index is 13.0. The second kappa shape index (κ2) is 7.94. The summed E-state index contributed by atoms with van der Waals surface area (Å²) in [7, 11) is 0. The number of halogens is 1. The number of amides is 1. The monoisotopic (exact) mass is 438 g/mol. The number of carbonyl (C=O) groups excluding carboxylic acids is 2. The Morgan fingerprint density at radius 1 is 1.03 bits per heavy atom. The summed E-state index contributed by atoms with van der Waals surface area (Å²) in [5.74, 6) is 2.13. The van der Waals surface area contributed by atoms with Gasteiger partial charge in [0.2, 0.25) is 0 Å². The van der Waals surface area contributed by atoms with Crippen LogP contribution in [-0.2, 0) is 17.6 Å². The van der Waals surface area contributed by atoms with Crippen LogP contribution in [0.5, 0.6) is 5.75 Å². The minimum atomic E-state index is -0.135. The number of phenolic OH excluding ortho intramolecular Hbond substituents is 1. The van der Waals surface area contributed by atoms with Crippen LogP contribution in [0.15, 0.2) is 36.5 Å². The Labute approximate surface area is 187 Å². The number of Topliss-reactive ketones (excluding diaryl/α,β-unsaturated/α-hetero) is 1. The molecule has 1 aromatic carbocycles. The Hall–Kier alpha value is -2.40. The highest BCUT2D eigenvalue weighted by molar-refractivity contribution is 6.30. The Kier molecular flexibility index (Phi) is 5.25. The first kappa shape index (κ1) is 20.5. The molecule has 0 saturated heterocycles. The van der Waals surface area contributed by atoms with Crippen molar-refractivity contribution in [2.24, 2.45) is 17.8 Å². The van der Waals surface area contributed by atoms with Gasteiger partial charge in [-0.15, -0.1) is 0 Å². The number of nitrogens with one attached hydrogen (secondary N) is 1. The molecule has 1 heterocycles. The smallest absolute Gasteiger partial charge is 0.270 e. The lowest BCUT2D eigenvalue weighted by Crippen LogP contribution is -2.59. The Morgan fingerprint density at radius 2 is 1.71 bits per heavy atom. The van der Waals surface area contributed by atoms with Gasteiger partial charge < -0.3 is 10.4 Å². The van der Waals surface area contributed by atoms with Crippen molar-refractivity contribution in [1.82, 2.24) is 10.3 Å². The second-order valence-electron chi connectivity index (χ2n) is 9.87. The van der Waals surface area contributed by atoms with Crippen molar-refractivity contribution in [2.75, 3.05) is 0 Å². The molecule has 4 bridgehead atoms. The van der Waals surface area contributed by atoms with E-state index in [4.69, 9.17) is 11.6 Å². The average molecular weight is 439 g/mol. The molecule has 0 aliphatic heterocycles. The summed E-state index contributed by atoms with van der Waals surface area (Å²) in [4.78, 5) is 29.9. The summed E-state index contributed by atoms with van der Waals surface area (Å²) in [5.41, 5.74) is 1.55. The number of nitrogens with zero attached hydrogens (tertiary/aromatic N) is 1. The lowest BCUT2D eigenvalue weighted by atomic mass is 9.53. The first-order valence-electron chi connectivity index (χ1n) is 11.1. The number of rotatable bonds is 6. The zero-order valence-corrected chi connectivity index (χ0v) is 18.2. The molecule has 5 nitrogen and oxygen atoms in total. The molecule has 0 atom stereocenters. The Bertz CT molecular complexity index is 1000. The van der Waals surface area contributed by atoms with Gasteiger partial charge in [0, 0.05) is 35.2 Å². The minimum Gasteiger partial charge on any atom is -0.508 e. The van der Waals surface area contributed by atoms with Gasteiger partial charge >= 0.3 is 0 Å². The van der Waals surface area contributed by atoms with Crippen LogP contribution < -0.4 is 5.32 Å². The van der Waals surface area contributed by atoms with Gasteiger partial charge in [0.1, 0.15) is 17.2 Å². The van der Waals surface area contributed by atoms with E-state index in [1.165, 1.54) is 25.3 Å². The lowest BCUT2D eigenvalue weighted by Gasteiger charge is -2.56. The van der Waals surface area contributed by atoms with Gasteiger partial charge in [0.05, 0.1) is 0 Å². The van der Waals surface area contributed by atoms with Gasteiger partial charge in [-0.3, -0.25) is 14.6 Å². The fraction of sp³-hybridized carbons (Fsp3) is 0.480. The molecular weight excluding hydrogens is 412 g/mol. The molecule has 4 saturated carbocycles. The summed E-state index contributed by atoms with van der Waals surface area (Å²) in [5, 5.41) is 13.8. The number of ketones is 1. The molecule has 2 N–H and O–H groups in total. The standard InChI is InChI=1S/C25H27ClN2O3/c26-20-1-2-23(30)19(10-20)11-21(29)8-15-3-4-27-22(9-15)24(31)28-25-12-16-5-17(13-25)7-18(6-16)14-25/h1-4,9-10,16-18,30H,5-8,11-14H2,(H,28,31). The second-order valence-corrected chi connectivity index (χ2v) is 10.3. The molecule has 0 radical (unpaired) electrons. The van der Waals surface area contributed by atoms with Crippen LogP contribution in [0.2, 0.25) is 5.02 Å². The van der Waals surface area contributed by atoms with Crippen molar-refractivity contribution in [3.8, 4) is 5.75 Å². The fourth-order valence-electron chi connectivity index (χ4n) is 6.48. The van der Waals surface area contributed by atoms with E-state index in [1.807, 2.05) is 0 Å². The molecular formula is C25H27ClN2O3. The summed E-state index contributed by atoms with van der Waals surface area (Å²) in [6.45, 7) is 0. The maximum atomic E-state index is 13.0. The summed E-state index contributed by atoms with van der Waals surface area (Å²) < 4.78 is 0. The van der Waals surface area contributed by atoms with Gasteiger partial charge in [-0.2, -0.15) is 0 Å². The van der Waals surface area contributed by atoms with Crippen LogP contribution in [0.25, 0.3) is 0 Å². The summed E-state index contributed by atoms with van der Waals surface area (Å²) in [6.07, 6.45) is 9.10. The predicted octanol–water partition coefficient (Wildman–Crippen LogP) is 4.49. The van der Waals surface area contributed by atoms with E-state index in [9.17, 15) is 14.7 Å². The van der Waals surface area contributed by atoms with Crippen molar-refractivity contribution >= 4 is 23.3 Å². The maximum Gasteiger partial charge on any atom is 0.270 e. The summed E-state index contributed by atoms with van der Waals surface area (Å²) >= 11 is 5.97. The van der Waals surface area contributed by atoms with Crippen LogP contribution >= 0.6 is 11.6 Å². The highest BCUT2D eigenvalue weighted by Gasteiger charge is 2.51. The molecule has 31 heavy (non-hydrogen) atoms. The van der Waals surface area contributed by atoms with Crippen molar-refractivity contribution in [3.05, 3.63) is 58.4 Å². The molecule has 6 heteroatoms. The Morgan fingerprint density at radius 3 is 2.39 bits per heavy atom.